The molecule has 0 aliphatic carbocycles. The van der Waals surface area contributed by atoms with Crippen molar-refractivity contribution in [1.82, 2.24) is 0 Å². The molecule has 1 atom stereocenters. The van der Waals surface area contributed by atoms with Gasteiger partial charge in [-0.05, 0) is 42.5 Å². The molecule has 1 unspecified atom stereocenters. The van der Waals surface area contributed by atoms with Crippen LogP contribution in [-0.2, 0) is 22.4 Å². The lowest BCUT2D eigenvalue weighted by Gasteiger charge is -2.10. The number of nitrogens with zero attached hydrogens (tertiary/aromatic N) is 1. The normalized spacial score (nSPS) is 11.4. The zero-order valence-electron chi connectivity index (χ0n) is 14.4. The minimum Gasteiger partial charge on any atom is -0.325 e. The maximum absolute atomic E-state index is 12.2. The van der Waals surface area contributed by atoms with Gasteiger partial charge in [-0.2, -0.15) is 5.26 Å². The van der Waals surface area contributed by atoms with Gasteiger partial charge in [0.05, 0.1) is 6.07 Å². The molecule has 2 aromatic carbocycles. The van der Waals surface area contributed by atoms with Gasteiger partial charge in [0, 0.05) is 12.1 Å². The number of anilines is 1. The Kier molecular flexibility index (Phi) is 6.91. The fourth-order valence-electron chi connectivity index (χ4n) is 2.57. The van der Waals surface area contributed by atoms with E-state index in [-0.39, 0.29) is 12.2 Å². The number of carbonyl (C=O) groups excluding carboxylic acids is 2. The summed E-state index contributed by atoms with van der Waals surface area (Å²) < 4.78 is 0. The van der Waals surface area contributed by atoms with Crippen LogP contribution in [0.1, 0.15) is 30.9 Å². The summed E-state index contributed by atoms with van der Waals surface area (Å²) >= 11 is 0. The number of nitrogens with one attached hydrogen (secondary N) is 1. The summed E-state index contributed by atoms with van der Waals surface area (Å²) in [5.41, 5.74) is 2.90. The Balaban J connectivity index is 1.87. The molecular weight excluding hydrogens is 312 g/mol. The first-order valence-corrected chi connectivity index (χ1v) is 8.50. The molecule has 25 heavy (non-hydrogen) atoms. The highest BCUT2D eigenvalue weighted by molar-refractivity contribution is 6.09. The second-order valence-corrected chi connectivity index (χ2v) is 5.91. The molecule has 4 heteroatoms. The number of benzene rings is 2. The molecule has 2 rings (SSSR count). The van der Waals surface area contributed by atoms with E-state index in [1.165, 1.54) is 0 Å². The first kappa shape index (κ1) is 18.4. The SMILES string of the molecule is CCc1ccc(NC(=O)C(C#N)C(=O)CCCc2ccccc2)cc1. The van der Waals surface area contributed by atoms with Crippen molar-refractivity contribution in [1.29, 1.82) is 5.26 Å². The zero-order valence-corrected chi connectivity index (χ0v) is 14.4. The number of carbonyl (C=O) groups is 2. The number of ketones is 1. The molecule has 128 valence electrons. The highest BCUT2D eigenvalue weighted by Gasteiger charge is 2.25. The lowest BCUT2D eigenvalue weighted by atomic mass is 9.98. The topological polar surface area (TPSA) is 70.0 Å². The average molecular weight is 334 g/mol. The lowest BCUT2D eigenvalue weighted by molar-refractivity contribution is -0.128. The fraction of sp³-hybridized carbons (Fsp3) is 0.286. The molecular formula is C21H22N2O2. The zero-order chi connectivity index (χ0) is 18.1. The lowest BCUT2D eigenvalue weighted by Crippen LogP contribution is -2.28. The van der Waals surface area contributed by atoms with Crippen molar-refractivity contribution in [3.63, 3.8) is 0 Å². The van der Waals surface area contributed by atoms with Gasteiger partial charge < -0.3 is 5.32 Å². The number of Topliss-reactive ketones (excluding diaryl/α,β-unsaturated/α-hetero) is 1. The number of aryl methyl sites for hydroxylation is 2. The Hall–Kier alpha value is -2.93. The van der Waals surface area contributed by atoms with Crippen LogP contribution in [0.4, 0.5) is 5.69 Å². The van der Waals surface area contributed by atoms with Crippen LogP contribution < -0.4 is 5.32 Å². The molecule has 0 aromatic heterocycles. The molecule has 0 fully saturated rings. The number of hydrogen-bond donors (Lipinski definition) is 1. The Morgan fingerprint density at radius 3 is 2.32 bits per heavy atom. The van der Waals surface area contributed by atoms with E-state index < -0.39 is 11.8 Å². The van der Waals surface area contributed by atoms with Crippen LogP contribution in [0.25, 0.3) is 0 Å². The van der Waals surface area contributed by atoms with E-state index in [9.17, 15) is 14.9 Å². The van der Waals surface area contributed by atoms with Gasteiger partial charge in [0.25, 0.3) is 0 Å². The van der Waals surface area contributed by atoms with Crippen LogP contribution in [0.5, 0.6) is 0 Å². The molecule has 1 N–H and O–H groups in total. The van der Waals surface area contributed by atoms with Crippen LogP contribution in [-0.4, -0.2) is 11.7 Å². The van der Waals surface area contributed by atoms with Crippen molar-refractivity contribution in [3.05, 3.63) is 65.7 Å². The number of hydrogen-bond acceptors (Lipinski definition) is 3. The summed E-state index contributed by atoms with van der Waals surface area (Å²) in [6, 6.07) is 19.1. The molecule has 0 aliphatic rings. The van der Waals surface area contributed by atoms with Gasteiger partial charge in [0.2, 0.25) is 5.91 Å². The second kappa shape index (κ2) is 9.39. The van der Waals surface area contributed by atoms with Crippen molar-refractivity contribution >= 4 is 17.4 Å². The molecule has 0 spiro atoms. The highest BCUT2D eigenvalue weighted by atomic mass is 16.2. The minimum absolute atomic E-state index is 0.218. The second-order valence-electron chi connectivity index (χ2n) is 5.91. The van der Waals surface area contributed by atoms with E-state index in [0.29, 0.717) is 12.1 Å². The van der Waals surface area contributed by atoms with E-state index in [0.717, 1.165) is 24.0 Å². The summed E-state index contributed by atoms with van der Waals surface area (Å²) in [5.74, 6) is -2.15. The minimum atomic E-state index is -1.26. The fourth-order valence-corrected chi connectivity index (χ4v) is 2.57. The first-order chi connectivity index (χ1) is 12.1. The summed E-state index contributed by atoms with van der Waals surface area (Å²) in [5, 5.41) is 11.9. The van der Waals surface area contributed by atoms with Gasteiger partial charge in [0.15, 0.2) is 11.7 Å². The van der Waals surface area contributed by atoms with Crippen LogP contribution in [0.3, 0.4) is 0 Å². The molecule has 0 aliphatic heterocycles. The molecule has 0 saturated heterocycles. The van der Waals surface area contributed by atoms with E-state index in [2.05, 4.69) is 5.32 Å². The van der Waals surface area contributed by atoms with Crippen LogP contribution in [0.15, 0.2) is 54.6 Å². The van der Waals surface area contributed by atoms with Crippen molar-refractivity contribution in [2.75, 3.05) is 5.32 Å². The molecule has 0 bridgehead atoms. The van der Waals surface area contributed by atoms with Crippen molar-refractivity contribution in [2.24, 2.45) is 5.92 Å². The summed E-state index contributed by atoms with van der Waals surface area (Å²) in [6.07, 6.45) is 2.51. The average Bonchev–Trinajstić information content (AvgIpc) is 2.64. The smallest absolute Gasteiger partial charge is 0.249 e. The first-order valence-electron chi connectivity index (χ1n) is 8.50. The molecule has 0 radical (unpaired) electrons. The van der Waals surface area contributed by atoms with Gasteiger partial charge in [0.1, 0.15) is 0 Å². The predicted molar refractivity (Wildman–Crippen MR) is 97.9 cm³/mol. The standard InChI is InChI=1S/C21H22N2O2/c1-2-16-11-13-18(14-12-16)23-21(25)19(15-22)20(24)10-6-9-17-7-4-3-5-8-17/h3-5,7-8,11-14,19H,2,6,9-10H2,1H3,(H,23,25). The quantitative estimate of drug-likeness (QED) is 0.744. The van der Waals surface area contributed by atoms with E-state index in [1.54, 1.807) is 12.1 Å². The largest absolute Gasteiger partial charge is 0.325 e. The maximum Gasteiger partial charge on any atom is 0.249 e. The summed E-state index contributed by atoms with van der Waals surface area (Å²) in [7, 11) is 0. The van der Waals surface area contributed by atoms with Gasteiger partial charge in [-0.15, -0.1) is 0 Å². The van der Waals surface area contributed by atoms with E-state index in [4.69, 9.17) is 0 Å². The molecule has 0 heterocycles. The Morgan fingerprint density at radius 2 is 1.72 bits per heavy atom. The number of rotatable bonds is 8. The Bertz CT molecular complexity index is 746. The molecule has 0 saturated carbocycles. The molecule has 1 amide bonds. The third kappa shape index (κ3) is 5.58. The van der Waals surface area contributed by atoms with Gasteiger partial charge >= 0.3 is 0 Å². The van der Waals surface area contributed by atoms with E-state index in [1.807, 2.05) is 55.5 Å². The molecule has 2 aromatic rings. The van der Waals surface area contributed by atoms with E-state index >= 15 is 0 Å². The third-order valence-electron chi connectivity index (χ3n) is 4.07. The predicted octanol–water partition coefficient (Wildman–Crippen LogP) is 3.92. The van der Waals surface area contributed by atoms with Crippen LogP contribution >= 0.6 is 0 Å². The third-order valence-corrected chi connectivity index (χ3v) is 4.07. The molecule has 4 nitrogen and oxygen atoms in total. The number of nitriles is 1. The number of amides is 1. The highest BCUT2D eigenvalue weighted by Crippen LogP contribution is 2.14. The van der Waals surface area contributed by atoms with Crippen LogP contribution in [0, 0.1) is 17.2 Å². The van der Waals surface area contributed by atoms with Gasteiger partial charge in [-0.25, -0.2) is 0 Å². The van der Waals surface area contributed by atoms with Crippen molar-refractivity contribution in [3.8, 4) is 6.07 Å². The maximum atomic E-state index is 12.2. The van der Waals surface area contributed by atoms with Crippen molar-refractivity contribution < 1.29 is 9.59 Å². The summed E-state index contributed by atoms with van der Waals surface area (Å²) in [4.78, 5) is 24.4. The monoisotopic (exact) mass is 334 g/mol. The van der Waals surface area contributed by atoms with Gasteiger partial charge in [-0.1, -0.05) is 49.4 Å². The van der Waals surface area contributed by atoms with Crippen molar-refractivity contribution in [2.45, 2.75) is 32.6 Å². The summed E-state index contributed by atoms with van der Waals surface area (Å²) in [6.45, 7) is 2.05. The van der Waals surface area contributed by atoms with Crippen LogP contribution in [0.2, 0.25) is 0 Å². The Morgan fingerprint density at radius 1 is 1.04 bits per heavy atom. The van der Waals surface area contributed by atoms with Gasteiger partial charge in [-0.3, -0.25) is 9.59 Å². The Labute approximate surface area is 148 Å².